The summed E-state index contributed by atoms with van der Waals surface area (Å²) in [5, 5.41) is 10.8. The van der Waals surface area contributed by atoms with Crippen molar-refractivity contribution in [2.75, 3.05) is 0 Å². The summed E-state index contributed by atoms with van der Waals surface area (Å²) in [6, 6.07) is 23.8. The SMILES string of the molecule is Br.Br.Br.Br.Cc1cc(-c2cc(O)cc(-c3cc(C)c(N=Cc4ccccn4)c(C)c3)c2C)cc(C)c1N=Cc1ccccn1.[Cu].[Cu]. The second-order valence-corrected chi connectivity index (χ2v) is 10.1. The van der Waals surface area contributed by atoms with Crippen molar-refractivity contribution < 1.29 is 39.2 Å². The van der Waals surface area contributed by atoms with Crippen LogP contribution >= 0.6 is 67.9 Å². The fourth-order valence-electron chi connectivity index (χ4n) is 5.09. The van der Waals surface area contributed by atoms with Gasteiger partial charge in [-0.05, 0) is 145 Å². The number of phenols is 1. The number of pyridine rings is 2. The number of rotatable bonds is 6. The first-order valence-corrected chi connectivity index (χ1v) is 13.3. The third-order valence-corrected chi connectivity index (χ3v) is 7.02. The molecule has 11 heteroatoms. The molecule has 0 atom stereocenters. The van der Waals surface area contributed by atoms with Crippen molar-refractivity contribution in [1.29, 1.82) is 0 Å². The monoisotopic (exact) mass is 970 g/mol. The molecule has 2 radical (unpaired) electrons. The van der Waals surface area contributed by atoms with Gasteiger partial charge in [0, 0.05) is 46.5 Å². The van der Waals surface area contributed by atoms with Crippen LogP contribution in [0, 0.1) is 34.6 Å². The van der Waals surface area contributed by atoms with Gasteiger partial charge < -0.3 is 5.11 Å². The molecule has 252 valence electrons. The number of aliphatic imine (C=N–C) groups is 2. The van der Waals surface area contributed by atoms with E-state index >= 15 is 0 Å². The molecule has 5 rings (SSSR count). The predicted octanol–water partition coefficient (Wildman–Crippen LogP) is 10.9. The van der Waals surface area contributed by atoms with Gasteiger partial charge in [0.1, 0.15) is 5.75 Å². The first-order valence-electron chi connectivity index (χ1n) is 13.3. The van der Waals surface area contributed by atoms with Gasteiger partial charge in [-0.2, -0.15) is 0 Å². The maximum Gasteiger partial charge on any atom is 0.116 e. The van der Waals surface area contributed by atoms with Gasteiger partial charge in [-0.3, -0.25) is 20.0 Å². The molecule has 0 fully saturated rings. The molecule has 0 aliphatic rings. The molecule has 5 aromatic rings. The average Bonchev–Trinajstić information content (AvgIpc) is 2.94. The molecule has 0 bridgehead atoms. The summed E-state index contributed by atoms with van der Waals surface area (Å²) in [7, 11) is 0. The summed E-state index contributed by atoms with van der Waals surface area (Å²) in [6.45, 7) is 10.4. The van der Waals surface area contributed by atoms with Crippen molar-refractivity contribution >= 4 is 91.7 Å². The zero-order valence-corrected chi connectivity index (χ0v) is 34.4. The molecule has 0 saturated carbocycles. The van der Waals surface area contributed by atoms with Gasteiger partial charge in [0.15, 0.2) is 0 Å². The first-order chi connectivity index (χ1) is 19.3. The summed E-state index contributed by atoms with van der Waals surface area (Å²) < 4.78 is 0. The van der Waals surface area contributed by atoms with Gasteiger partial charge in [0.2, 0.25) is 0 Å². The van der Waals surface area contributed by atoms with Gasteiger partial charge in [0.25, 0.3) is 0 Å². The van der Waals surface area contributed by atoms with Crippen LogP contribution in [0.3, 0.4) is 0 Å². The number of hydrogen-bond donors (Lipinski definition) is 1. The van der Waals surface area contributed by atoms with Gasteiger partial charge in [-0.15, -0.1) is 67.9 Å². The van der Waals surface area contributed by atoms with E-state index in [4.69, 9.17) is 9.98 Å². The zero-order chi connectivity index (χ0) is 28.2. The largest absolute Gasteiger partial charge is 0.508 e. The Bertz CT molecular complexity index is 1600. The second kappa shape index (κ2) is 21.1. The number of aromatic nitrogens is 2. The molecule has 0 aliphatic carbocycles. The number of nitrogens with zero attached hydrogens (tertiary/aromatic N) is 4. The van der Waals surface area contributed by atoms with E-state index in [0.29, 0.717) is 0 Å². The van der Waals surface area contributed by atoms with E-state index in [-0.39, 0.29) is 108 Å². The number of benzene rings is 3. The molecule has 5 nitrogen and oxygen atoms in total. The molecular weight excluding hydrogens is 939 g/mol. The number of halogens is 4. The Labute approximate surface area is 334 Å². The predicted molar refractivity (Wildman–Crippen MR) is 207 cm³/mol. The molecular formula is C35H36Br4Cu2N4O. The van der Waals surface area contributed by atoms with E-state index in [1.807, 2.05) is 48.5 Å². The molecule has 3 aromatic carbocycles. The van der Waals surface area contributed by atoms with E-state index in [1.165, 1.54) is 0 Å². The number of aryl methyl sites for hydroxylation is 4. The minimum absolute atomic E-state index is 0. The van der Waals surface area contributed by atoms with E-state index in [1.54, 1.807) is 24.8 Å². The fraction of sp³-hybridized carbons (Fsp3) is 0.143. The second-order valence-electron chi connectivity index (χ2n) is 10.1. The molecule has 2 heterocycles. The first kappa shape index (κ1) is 46.2. The minimum atomic E-state index is 0. The molecule has 2 aromatic heterocycles. The molecule has 0 saturated heterocycles. The van der Waals surface area contributed by atoms with Crippen LogP contribution in [0.5, 0.6) is 5.75 Å². The van der Waals surface area contributed by atoms with E-state index in [0.717, 1.165) is 72.8 Å². The van der Waals surface area contributed by atoms with Crippen LogP contribution in [0.25, 0.3) is 22.3 Å². The van der Waals surface area contributed by atoms with Crippen LogP contribution in [0.1, 0.15) is 39.2 Å². The summed E-state index contributed by atoms with van der Waals surface area (Å²) in [5.74, 6) is 0.232. The van der Waals surface area contributed by atoms with Crippen molar-refractivity contribution in [3.63, 3.8) is 0 Å². The topological polar surface area (TPSA) is 70.7 Å². The number of hydrogen-bond acceptors (Lipinski definition) is 5. The standard InChI is InChI=1S/C35H32N4O.4BrH.2Cu/c1-22-14-27(15-23(2)34(22)38-20-29-10-6-8-12-36-29)32-18-31(40)19-33(26(32)5)28-16-24(3)35(25(4)17-28)39-21-30-11-7-9-13-37-30;;;;;;/h6-21,40H,1-5H3;4*1H;;. The third-order valence-electron chi connectivity index (χ3n) is 7.02. The normalized spacial score (nSPS) is 10.0. The summed E-state index contributed by atoms with van der Waals surface area (Å²) in [4.78, 5) is 18.1. The Balaban J connectivity index is 0. The third kappa shape index (κ3) is 11.1. The van der Waals surface area contributed by atoms with E-state index < -0.39 is 0 Å². The van der Waals surface area contributed by atoms with Crippen LogP contribution in [0.15, 0.2) is 95.2 Å². The van der Waals surface area contributed by atoms with E-state index in [9.17, 15) is 5.11 Å². The Kier molecular flexibility index (Phi) is 21.2. The zero-order valence-electron chi connectivity index (χ0n) is 25.7. The summed E-state index contributed by atoms with van der Waals surface area (Å²) in [5.41, 5.74) is 12.9. The number of phenolic OH excluding ortho intramolecular Hbond substituents is 1. The molecule has 0 aliphatic heterocycles. The Morgan fingerprint density at radius 2 is 0.891 bits per heavy atom. The Morgan fingerprint density at radius 1 is 0.543 bits per heavy atom. The van der Waals surface area contributed by atoms with Crippen molar-refractivity contribution in [1.82, 2.24) is 9.97 Å². The van der Waals surface area contributed by atoms with Crippen LogP contribution in [-0.2, 0) is 34.1 Å². The van der Waals surface area contributed by atoms with Crippen molar-refractivity contribution in [3.05, 3.63) is 124 Å². The van der Waals surface area contributed by atoms with Crippen LogP contribution in [0.4, 0.5) is 11.4 Å². The van der Waals surface area contributed by atoms with Crippen LogP contribution in [0.2, 0.25) is 0 Å². The van der Waals surface area contributed by atoms with Crippen LogP contribution < -0.4 is 0 Å². The van der Waals surface area contributed by atoms with Gasteiger partial charge >= 0.3 is 0 Å². The van der Waals surface area contributed by atoms with Crippen LogP contribution in [-0.4, -0.2) is 27.5 Å². The molecule has 46 heavy (non-hydrogen) atoms. The Morgan fingerprint density at radius 3 is 1.20 bits per heavy atom. The fourth-order valence-corrected chi connectivity index (χ4v) is 5.09. The molecule has 0 unspecified atom stereocenters. The van der Waals surface area contributed by atoms with Crippen molar-refractivity contribution in [2.24, 2.45) is 9.98 Å². The number of aromatic hydroxyl groups is 1. The van der Waals surface area contributed by atoms with Crippen molar-refractivity contribution in [2.45, 2.75) is 34.6 Å². The molecule has 0 spiro atoms. The van der Waals surface area contributed by atoms with Gasteiger partial charge in [-0.25, -0.2) is 0 Å². The summed E-state index contributed by atoms with van der Waals surface area (Å²) in [6.07, 6.45) is 7.11. The molecule has 0 amide bonds. The molecule has 1 N–H and O–H groups in total. The summed E-state index contributed by atoms with van der Waals surface area (Å²) >= 11 is 0. The smallest absolute Gasteiger partial charge is 0.116 e. The maximum atomic E-state index is 10.8. The van der Waals surface area contributed by atoms with Gasteiger partial charge in [0.05, 0.1) is 35.2 Å². The van der Waals surface area contributed by atoms with Crippen molar-refractivity contribution in [3.8, 4) is 28.0 Å². The van der Waals surface area contributed by atoms with Gasteiger partial charge in [-0.1, -0.05) is 12.1 Å². The minimum Gasteiger partial charge on any atom is -0.508 e. The average molecular weight is 975 g/mol. The Hall–Kier alpha value is -1.94. The maximum absolute atomic E-state index is 10.8. The quantitative estimate of drug-likeness (QED) is 0.136. The van der Waals surface area contributed by atoms with E-state index in [2.05, 4.69) is 68.9 Å².